The van der Waals surface area contributed by atoms with Crippen LogP contribution in [0.2, 0.25) is 5.02 Å². The summed E-state index contributed by atoms with van der Waals surface area (Å²) >= 11 is 5.94. The fourth-order valence-corrected chi connectivity index (χ4v) is 2.96. The first-order valence-corrected chi connectivity index (χ1v) is 7.28. The zero-order chi connectivity index (χ0) is 14.8. The van der Waals surface area contributed by atoms with Crippen LogP contribution in [0, 0.1) is 0 Å². The molecule has 0 unspecified atom stereocenters. The molecular formula is C14H19ClN2O3. The number of aromatic nitrogens is 1. The maximum absolute atomic E-state index is 12.4. The van der Waals surface area contributed by atoms with E-state index in [9.17, 15) is 14.7 Å². The third-order valence-electron chi connectivity index (χ3n) is 3.78. The number of carbonyl (C=O) groups is 2. The molecule has 1 aromatic heterocycles. The van der Waals surface area contributed by atoms with E-state index < -0.39 is 11.5 Å². The normalized spacial score (nSPS) is 17.1. The molecule has 0 bridgehead atoms. The van der Waals surface area contributed by atoms with Crippen LogP contribution in [0.4, 0.5) is 0 Å². The van der Waals surface area contributed by atoms with E-state index in [1.54, 1.807) is 16.8 Å². The summed E-state index contributed by atoms with van der Waals surface area (Å²) in [7, 11) is 0. The molecule has 20 heavy (non-hydrogen) atoms. The minimum atomic E-state index is -1.12. The standard InChI is InChI=1S/C14H19ClN2O3/c1-2-7-17-9-10(15)8-11(17)12(18)16-14(13(19)20)5-3-4-6-14/h8-9H,2-7H2,1H3,(H,16,18)(H,19,20). The van der Waals surface area contributed by atoms with Crippen molar-refractivity contribution in [2.45, 2.75) is 51.1 Å². The minimum Gasteiger partial charge on any atom is -0.480 e. The van der Waals surface area contributed by atoms with E-state index >= 15 is 0 Å². The van der Waals surface area contributed by atoms with Crippen LogP contribution in [0.1, 0.15) is 49.5 Å². The molecule has 6 heteroatoms. The van der Waals surface area contributed by atoms with Gasteiger partial charge in [0, 0.05) is 12.7 Å². The number of rotatable bonds is 5. The van der Waals surface area contributed by atoms with Crippen molar-refractivity contribution in [2.75, 3.05) is 0 Å². The first-order valence-electron chi connectivity index (χ1n) is 6.90. The van der Waals surface area contributed by atoms with Gasteiger partial charge >= 0.3 is 5.97 Å². The molecule has 1 aliphatic carbocycles. The molecule has 0 aliphatic heterocycles. The lowest BCUT2D eigenvalue weighted by Crippen LogP contribution is -2.52. The summed E-state index contributed by atoms with van der Waals surface area (Å²) < 4.78 is 1.77. The van der Waals surface area contributed by atoms with Crippen molar-refractivity contribution in [3.8, 4) is 0 Å². The van der Waals surface area contributed by atoms with Crippen LogP contribution in [0.5, 0.6) is 0 Å². The van der Waals surface area contributed by atoms with E-state index in [0.717, 1.165) is 19.3 Å². The number of hydrogen-bond acceptors (Lipinski definition) is 2. The molecule has 5 nitrogen and oxygen atoms in total. The second-order valence-electron chi connectivity index (χ2n) is 5.29. The molecule has 1 amide bonds. The quantitative estimate of drug-likeness (QED) is 0.878. The number of nitrogens with zero attached hydrogens (tertiary/aromatic N) is 1. The van der Waals surface area contributed by atoms with Crippen molar-refractivity contribution in [2.24, 2.45) is 0 Å². The number of hydrogen-bond donors (Lipinski definition) is 2. The Bertz CT molecular complexity index is 518. The van der Waals surface area contributed by atoms with Gasteiger partial charge in [-0.2, -0.15) is 0 Å². The van der Waals surface area contributed by atoms with Gasteiger partial charge in [0.2, 0.25) is 0 Å². The summed E-state index contributed by atoms with van der Waals surface area (Å²) in [4.78, 5) is 23.8. The van der Waals surface area contributed by atoms with Gasteiger partial charge in [-0.1, -0.05) is 31.4 Å². The van der Waals surface area contributed by atoms with Crippen molar-refractivity contribution < 1.29 is 14.7 Å². The van der Waals surface area contributed by atoms with Gasteiger partial charge in [-0.05, 0) is 25.3 Å². The van der Waals surface area contributed by atoms with E-state index in [1.165, 1.54) is 0 Å². The Balaban J connectivity index is 2.21. The fraction of sp³-hybridized carbons (Fsp3) is 0.571. The molecule has 0 radical (unpaired) electrons. The molecule has 0 atom stereocenters. The summed E-state index contributed by atoms with van der Waals surface area (Å²) in [6.45, 7) is 2.68. The zero-order valence-electron chi connectivity index (χ0n) is 11.5. The maximum atomic E-state index is 12.4. The highest BCUT2D eigenvalue weighted by Crippen LogP contribution is 2.30. The number of carboxylic acid groups (broad SMARTS) is 1. The number of nitrogens with one attached hydrogen (secondary N) is 1. The zero-order valence-corrected chi connectivity index (χ0v) is 12.2. The highest BCUT2D eigenvalue weighted by atomic mass is 35.5. The number of carboxylic acids is 1. The first kappa shape index (κ1) is 14.9. The highest BCUT2D eigenvalue weighted by molar-refractivity contribution is 6.31. The summed E-state index contributed by atoms with van der Waals surface area (Å²) in [5, 5.41) is 12.6. The lowest BCUT2D eigenvalue weighted by Gasteiger charge is -2.25. The minimum absolute atomic E-state index is 0.366. The predicted octanol–water partition coefficient (Wildman–Crippen LogP) is 2.68. The molecule has 1 aliphatic rings. The summed E-state index contributed by atoms with van der Waals surface area (Å²) in [5.74, 6) is -1.32. The van der Waals surface area contributed by atoms with E-state index in [0.29, 0.717) is 30.1 Å². The number of carbonyl (C=O) groups excluding carboxylic acids is 1. The molecule has 0 saturated heterocycles. The van der Waals surface area contributed by atoms with Crippen LogP contribution in [0.3, 0.4) is 0 Å². The molecule has 1 aromatic rings. The number of amides is 1. The number of halogens is 1. The maximum Gasteiger partial charge on any atom is 0.329 e. The van der Waals surface area contributed by atoms with E-state index in [4.69, 9.17) is 11.6 Å². The summed E-state index contributed by atoms with van der Waals surface area (Å²) in [6, 6.07) is 1.58. The molecular weight excluding hydrogens is 280 g/mol. The second-order valence-corrected chi connectivity index (χ2v) is 5.72. The van der Waals surface area contributed by atoms with Crippen molar-refractivity contribution in [3.63, 3.8) is 0 Å². The van der Waals surface area contributed by atoms with Crippen LogP contribution in [-0.2, 0) is 11.3 Å². The van der Waals surface area contributed by atoms with Gasteiger partial charge in [0.15, 0.2) is 0 Å². The third kappa shape index (κ3) is 2.82. The van der Waals surface area contributed by atoms with Crippen LogP contribution in [0.15, 0.2) is 12.3 Å². The third-order valence-corrected chi connectivity index (χ3v) is 3.99. The summed E-state index contributed by atoms with van der Waals surface area (Å²) in [5.41, 5.74) is -0.699. The van der Waals surface area contributed by atoms with Gasteiger partial charge in [-0.15, -0.1) is 0 Å². The van der Waals surface area contributed by atoms with Crippen LogP contribution < -0.4 is 5.32 Å². The van der Waals surface area contributed by atoms with E-state index in [1.807, 2.05) is 6.92 Å². The van der Waals surface area contributed by atoms with Gasteiger partial charge in [0.1, 0.15) is 11.2 Å². The number of aryl methyl sites for hydroxylation is 1. The lowest BCUT2D eigenvalue weighted by atomic mass is 9.97. The average Bonchev–Trinajstić information content (AvgIpc) is 2.98. The molecule has 2 N–H and O–H groups in total. The molecule has 2 rings (SSSR count). The highest BCUT2D eigenvalue weighted by Gasteiger charge is 2.43. The topological polar surface area (TPSA) is 71.3 Å². The Morgan fingerprint density at radius 1 is 1.45 bits per heavy atom. The van der Waals surface area contributed by atoms with Gasteiger partial charge < -0.3 is 15.0 Å². The average molecular weight is 299 g/mol. The van der Waals surface area contributed by atoms with Crippen molar-refractivity contribution in [1.29, 1.82) is 0 Å². The Hall–Kier alpha value is -1.49. The van der Waals surface area contributed by atoms with Gasteiger partial charge in [-0.3, -0.25) is 4.79 Å². The van der Waals surface area contributed by atoms with Gasteiger partial charge in [0.05, 0.1) is 5.02 Å². The molecule has 110 valence electrons. The summed E-state index contributed by atoms with van der Waals surface area (Å²) in [6.07, 6.45) is 5.18. The van der Waals surface area contributed by atoms with Crippen molar-refractivity contribution in [3.05, 3.63) is 23.0 Å². The molecule has 1 heterocycles. The molecule has 0 aromatic carbocycles. The van der Waals surface area contributed by atoms with Gasteiger partial charge in [0.25, 0.3) is 5.91 Å². The Labute approximate surface area is 122 Å². The van der Waals surface area contributed by atoms with Crippen LogP contribution in [-0.4, -0.2) is 27.1 Å². The first-order chi connectivity index (χ1) is 9.48. The Morgan fingerprint density at radius 2 is 2.10 bits per heavy atom. The lowest BCUT2D eigenvalue weighted by molar-refractivity contribution is -0.144. The Kier molecular flexibility index (Phi) is 4.38. The van der Waals surface area contributed by atoms with Crippen molar-refractivity contribution >= 4 is 23.5 Å². The second kappa shape index (κ2) is 5.87. The van der Waals surface area contributed by atoms with E-state index in [-0.39, 0.29) is 5.91 Å². The number of aliphatic carboxylic acids is 1. The fourth-order valence-electron chi connectivity index (χ4n) is 2.74. The van der Waals surface area contributed by atoms with Gasteiger partial charge in [-0.25, -0.2) is 4.79 Å². The molecule has 0 spiro atoms. The SMILES string of the molecule is CCCn1cc(Cl)cc1C(=O)NC1(C(=O)O)CCCC1. The van der Waals surface area contributed by atoms with Crippen molar-refractivity contribution in [1.82, 2.24) is 9.88 Å². The molecule has 1 fully saturated rings. The monoisotopic (exact) mass is 298 g/mol. The smallest absolute Gasteiger partial charge is 0.329 e. The van der Waals surface area contributed by atoms with E-state index in [2.05, 4.69) is 5.32 Å². The largest absolute Gasteiger partial charge is 0.480 e. The van der Waals surface area contributed by atoms with Crippen LogP contribution in [0.25, 0.3) is 0 Å². The predicted molar refractivity (Wildman–Crippen MR) is 76.0 cm³/mol. The molecule has 1 saturated carbocycles. The van der Waals surface area contributed by atoms with Crippen LogP contribution >= 0.6 is 11.6 Å². The Morgan fingerprint density at radius 3 is 2.65 bits per heavy atom.